The zero-order valence-electron chi connectivity index (χ0n) is 13.9. The lowest BCUT2D eigenvalue weighted by Gasteiger charge is -2.09. The van der Waals surface area contributed by atoms with E-state index in [0.717, 1.165) is 12.1 Å². The van der Waals surface area contributed by atoms with Gasteiger partial charge in [-0.2, -0.15) is 13.2 Å². The van der Waals surface area contributed by atoms with Crippen molar-refractivity contribution in [3.05, 3.63) is 65.2 Å². The fourth-order valence-electron chi connectivity index (χ4n) is 2.15. The third kappa shape index (κ3) is 5.80. The Balaban J connectivity index is 1.83. The largest absolute Gasteiger partial charge is 0.416 e. The van der Waals surface area contributed by atoms with Crippen LogP contribution >= 0.6 is 11.8 Å². The van der Waals surface area contributed by atoms with E-state index in [0.29, 0.717) is 22.6 Å². The van der Waals surface area contributed by atoms with Crippen LogP contribution in [0, 0.1) is 0 Å². The summed E-state index contributed by atoms with van der Waals surface area (Å²) in [6.45, 7) is 0. The highest BCUT2D eigenvalue weighted by atomic mass is 32.2. The molecule has 138 valence electrons. The first kappa shape index (κ1) is 19.8. The second-order valence-corrected chi connectivity index (χ2v) is 6.38. The molecule has 2 amide bonds. The van der Waals surface area contributed by atoms with Gasteiger partial charge < -0.3 is 10.6 Å². The third-order valence-electron chi connectivity index (χ3n) is 3.41. The lowest BCUT2D eigenvalue weighted by Crippen LogP contribution is -2.18. The molecule has 0 aromatic heterocycles. The van der Waals surface area contributed by atoms with Crippen LogP contribution in [0.5, 0.6) is 0 Å². The van der Waals surface area contributed by atoms with Crippen LogP contribution in [-0.2, 0) is 16.7 Å². The summed E-state index contributed by atoms with van der Waals surface area (Å²) in [5, 5.41) is 5.17. The predicted molar refractivity (Wildman–Crippen MR) is 96.1 cm³/mol. The van der Waals surface area contributed by atoms with Crippen molar-refractivity contribution in [2.24, 2.45) is 0 Å². The molecule has 8 heteroatoms. The number of alkyl halides is 3. The summed E-state index contributed by atoms with van der Waals surface area (Å²) in [4.78, 5) is 23.3. The monoisotopic (exact) mass is 382 g/mol. The minimum atomic E-state index is -4.38. The number of halogens is 3. The molecule has 0 aliphatic carbocycles. The highest BCUT2D eigenvalue weighted by molar-refractivity contribution is 7.99. The number of thioether (sulfide) groups is 1. The molecule has 2 aromatic rings. The van der Waals surface area contributed by atoms with E-state index in [4.69, 9.17) is 0 Å². The molecule has 0 fully saturated rings. The molecule has 0 unspecified atom stereocenters. The molecule has 0 saturated heterocycles. The van der Waals surface area contributed by atoms with E-state index in [9.17, 15) is 22.8 Å². The van der Waals surface area contributed by atoms with Crippen molar-refractivity contribution in [3.8, 4) is 0 Å². The van der Waals surface area contributed by atoms with Crippen molar-refractivity contribution in [1.29, 1.82) is 0 Å². The van der Waals surface area contributed by atoms with Crippen LogP contribution in [0.4, 0.5) is 18.9 Å². The Labute approximate surface area is 153 Å². The maximum Gasteiger partial charge on any atom is 0.416 e. The molecule has 2 N–H and O–H groups in total. The molecular weight excluding hydrogens is 365 g/mol. The number of nitrogens with one attached hydrogen (secondary N) is 2. The van der Waals surface area contributed by atoms with Crippen LogP contribution in [0.3, 0.4) is 0 Å². The summed E-state index contributed by atoms with van der Waals surface area (Å²) in [5.41, 5.74) is 0.829. The number of anilines is 1. The fourth-order valence-corrected chi connectivity index (χ4v) is 2.92. The lowest BCUT2D eigenvalue weighted by molar-refractivity contribution is -0.137. The minimum absolute atomic E-state index is 0.105. The predicted octanol–water partition coefficient (Wildman–Crippen LogP) is 3.94. The number of carbonyl (C=O) groups is 2. The number of carbonyl (C=O) groups excluding carboxylic acids is 2. The quantitative estimate of drug-likeness (QED) is 0.796. The molecular formula is C18H17F3N2O2S. The van der Waals surface area contributed by atoms with Gasteiger partial charge in [-0.1, -0.05) is 18.2 Å². The molecule has 4 nitrogen and oxygen atoms in total. The van der Waals surface area contributed by atoms with Crippen LogP contribution in [0.1, 0.15) is 21.5 Å². The molecule has 0 aliphatic rings. The van der Waals surface area contributed by atoms with E-state index < -0.39 is 11.7 Å². The summed E-state index contributed by atoms with van der Waals surface area (Å²) in [6.07, 6.45) is -4.38. The Morgan fingerprint density at radius 2 is 1.77 bits per heavy atom. The zero-order chi connectivity index (χ0) is 19.2. The first-order chi connectivity index (χ1) is 12.3. The molecule has 0 heterocycles. The molecule has 2 aromatic carbocycles. The van der Waals surface area contributed by atoms with Gasteiger partial charge in [-0.3, -0.25) is 9.59 Å². The van der Waals surface area contributed by atoms with Gasteiger partial charge in [0.2, 0.25) is 5.91 Å². The number of hydrogen-bond acceptors (Lipinski definition) is 3. The number of amides is 2. The Hall–Kier alpha value is -2.48. The lowest BCUT2D eigenvalue weighted by atomic mass is 10.1. The van der Waals surface area contributed by atoms with E-state index >= 15 is 0 Å². The molecule has 0 aliphatic heterocycles. The molecule has 0 radical (unpaired) electrons. The average Bonchev–Trinajstić information content (AvgIpc) is 2.61. The standard InChI is InChI=1S/C18H17F3N2O2S/c1-22-17(25)13-5-7-15(8-6-13)23-16(24)11-26-10-12-3-2-4-14(9-12)18(19,20)21/h2-9H,10-11H2,1H3,(H,22,25)(H,23,24). The van der Waals surface area contributed by atoms with Crippen molar-refractivity contribution in [2.45, 2.75) is 11.9 Å². The van der Waals surface area contributed by atoms with Gasteiger partial charge in [-0.15, -0.1) is 11.8 Å². The van der Waals surface area contributed by atoms with Crippen molar-refractivity contribution >= 4 is 29.3 Å². The maximum atomic E-state index is 12.7. The fraction of sp³-hybridized carbons (Fsp3) is 0.222. The zero-order valence-corrected chi connectivity index (χ0v) is 14.7. The molecule has 0 bridgehead atoms. The van der Waals surface area contributed by atoms with Crippen LogP contribution in [0.15, 0.2) is 48.5 Å². The summed E-state index contributed by atoms with van der Waals surface area (Å²) in [7, 11) is 1.53. The second-order valence-electron chi connectivity index (χ2n) is 5.40. The van der Waals surface area contributed by atoms with Crippen LogP contribution in [0.2, 0.25) is 0 Å². The molecule has 0 saturated carbocycles. The van der Waals surface area contributed by atoms with Crippen molar-refractivity contribution in [2.75, 3.05) is 18.1 Å². The SMILES string of the molecule is CNC(=O)c1ccc(NC(=O)CSCc2cccc(C(F)(F)F)c2)cc1. The highest BCUT2D eigenvalue weighted by Crippen LogP contribution is 2.30. The number of rotatable bonds is 6. The molecule has 26 heavy (non-hydrogen) atoms. The highest BCUT2D eigenvalue weighted by Gasteiger charge is 2.30. The van der Waals surface area contributed by atoms with Crippen molar-refractivity contribution in [1.82, 2.24) is 5.32 Å². The Bertz CT molecular complexity index is 777. The van der Waals surface area contributed by atoms with Gasteiger partial charge in [0.15, 0.2) is 0 Å². The van der Waals surface area contributed by atoms with Crippen LogP contribution < -0.4 is 10.6 Å². The molecule has 0 spiro atoms. The number of hydrogen-bond donors (Lipinski definition) is 2. The Morgan fingerprint density at radius 1 is 1.08 bits per heavy atom. The van der Waals surface area contributed by atoms with E-state index in [1.165, 1.54) is 24.9 Å². The normalized spacial score (nSPS) is 11.1. The smallest absolute Gasteiger partial charge is 0.355 e. The molecule has 2 rings (SSSR count). The Kier molecular flexibility index (Phi) is 6.68. The van der Waals surface area contributed by atoms with Crippen molar-refractivity contribution < 1.29 is 22.8 Å². The van der Waals surface area contributed by atoms with Crippen LogP contribution in [0.25, 0.3) is 0 Å². The van der Waals surface area contributed by atoms with Gasteiger partial charge >= 0.3 is 6.18 Å². The second kappa shape index (κ2) is 8.75. The third-order valence-corrected chi connectivity index (χ3v) is 4.42. The van der Waals surface area contributed by atoms with Crippen LogP contribution in [-0.4, -0.2) is 24.6 Å². The first-order valence-electron chi connectivity index (χ1n) is 7.65. The average molecular weight is 382 g/mol. The van der Waals surface area contributed by atoms with Gasteiger partial charge in [0, 0.05) is 24.1 Å². The van der Waals surface area contributed by atoms with Crippen molar-refractivity contribution in [3.63, 3.8) is 0 Å². The van der Waals surface area contributed by atoms with Gasteiger partial charge in [0.1, 0.15) is 0 Å². The summed E-state index contributed by atoms with van der Waals surface area (Å²) < 4.78 is 38.0. The first-order valence-corrected chi connectivity index (χ1v) is 8.81. The van der Waals surface area contributed by atoms with E-state index in [1.54, 1.807) is 30.3 Å². The summed E-state index contributed by atoms with van der Waals surface area (Å²) in [5.74, 6) is -0.0883. The minimum Gasteiger partial charge on any atom is -0.355 e. The number of benzene rings is 2. The maximum absolute atomic E-state index is 12.7. The van der Waals surface area contributed by atoms with E-state index in [-0.39, 0.29) is 17.6 Å². The topological polar surface area (TPSA) is 58.2 Å². The van der Waals surface area contributed by atoms with Gasteiger partial charge in [-0.25, -0.2) is 0 Å². The van der Waals surface area contributed by atoms with E-state index in [1.807, 2.05) is 0 Å². The summed E-state index contributed by atoms with van der Waals surface area (Å²) in [6, 6.07) is 11.4. The van der Waals surface area contributed by atoms with Gasteiger partial charge in [0.05, 0.1) is 11.3 Å². The van der Waals surface area contributed by atoms with E-state index in [2.05, 4.69) is 10.6 Å². The van der Waals surface area contributed by atoms with Gasteiger partial charge in [0.25, 0.3) is 5.91 Å². The van der Waals surface area contributed by atoms with Gasteiger partial charge in [-0.05, 0) is 35.9 Å². The Morgan fingerprint density at radius 3 is 2.38 bits per heavy atom. The summed E-state index contributed by atoms with van der Waals surface area (Å²) >= 11 is 1.22. The molecule has 0 atom stereocenters.